The van der Waals surface area contributed by atoms with E-state index >= 15 is 0 Å². The quantitative estimate of drug-likeness (QED) is 0.267. The van der Waals surface area contributed by atoms with Crippen LogP contribution < -0.4 is 10.1 Å². The summed E-state index contributed by atoms with van der Waals surface area (Å²) in [5.41, 5.74) is 3.00. The molecule has 1 fully saturated rings. The van der Waals surface area contributed by atoms with Crippen molar-refractivity contribution in [1.29, 1.82) is 0 Å². The molecule has 1 aliphatic carbocycles. The molecule has 6 heteroatoms. The number of ether oxygens (including phenoxy) is 3. The Morgan fingerprint density at radius 1 is 1.08 bits per heavy atom. The van der Waals surface area contributed by atoms with Crippen LogP contribution in [0.2, 0.25) is 0 Å². The number of rotatable bonds is 13. The molecule has 38 heavy (non-hydrogen) atoms. The molecule has 1 N–H and O–H groups in total. The number of aryl methyl sites for hydroxylation is 1. The van der Waals surface area contributed by atoms with Crippen LogP contribution in [-0.4, -0.2) is 38.2 Å². The fraction of sp³-hybridized carbons (Fsp3) is 0.562. The van der Waals surface area contributed by atoms with Crippen LogP contribution >= 0.6 is 0 Å². The van der Waals surface area contributed by atoms with Crippen molar-refractivity contribution in [1.82, 2.24) is 5.32 Å². The largest absolute Gasteiger partial charge is 0.490 e. The number of esters is 1. The summed E-state index contributed by atoms with van der Waals surface area (Å²) in [7, 11) is 1.64. The van der Waals surface area contributed by atoms with Gasteiger partial charge in [-0.05, 0) is 68.2 Å². The average molecular weight is 522 g/mol. The van der Waals surface area contributed by atoms with Crippen LogP contribution in [-0.2, 0) is 38.5 Å². The van der Waals surface area contributed by atoms with Crippen molar-refractivity contribution in [3.63, 3.8) is 0 Å². The van der Waals surface area contributed by atoms with E-state index < -0.39 is 5.41 Å². The molecule has 2 aromatic rings. The van der Waals surface area contributed by atoms with E-state index in [1.165, 1.54) is 11.1 Å². The Morgan fingerprint density at radius 2 is 1.87 bits per heavy atom. The first-order chi connectivity index (χ1) is 18.5. The van der Waals surface area contributed by atoms with Gasteiger partial charge in [0.1, 0.15) is 18.5 Å². The SMILES string of the molecule is COCCC(CC1(C(=O)NCCCc2ccc3c(c2)CC(C)O3)CCCCC1)C(=O)OCc1ccccc1. The summed E-state index contributed by atoms with van der Waals surface area (Å²) in [6.07, 6.45) is 8.86. The monoisotopic (exact) mass is 521 g/mol. The summed E-state index contributed by atoms with van der Waals surface area (Å²) < 4.78 is 16.8. The maximum absolute atomic E-state index is 13.6. The standard InChI is InChI=1S/C32H43NO5/c1-24-20-28-21-25(13-14-29(28)38-24)12-9-18-33-31(35)32(16-7-4-8-17-32)22-27(15-19-36-2)30(34)37-23-26-10-5-3-6-11-26/h3,5-6,10-11,13-14,21,24,27H,4,7-9,12,15-20,22-23H2,1-2H3,(H,33,35). The van der Waals surface area contributed by atoms with E-state index in [9.17, 15) is 9.59 Å². The molecule has 0 aromatic heterocycles. The van der Waals surface area contributed by atoms with Gasteiger partial charge in [0.15, 0.2) is 0 Å². The fourth-order valence-corrected chi connectivity index (χ4v) is 5.95. The third kappa shape index (κ3) is 7.59. The highest BCUT2D eigenvalue weighted by Gasteiger charge is 2.42. The van der Waals surface area contributed by atoms with Gasteiger partial charge in [0.2, 0.25) is 5.91 Å². The minimum absolute atomic E-state index is 0.0895. The molecule has 0 saturated heterocycles. The van der Waals surface area contributed by atoms with Crippen molar-refractivity contribution >= 4 is 11.9 Å². The molecule has 2 aromatic carbocycles. The highest BCUT2D eigenvalue weighted by molar-refractivity contribution is 5.84. The molecule has 1 aliphatic heterocycles. The topological polar surface area (TPSA) is 73.9 Å². The van der Waals surface area contributed by atoms with Gasteiger partial charge in [-0.2, -0.15) is 0 Å². The summed E-state index contributed by atoms with van der Waals surface area (Å²) in [6.45, 7) is 3.44. The lowest BCUT2D eigenvalue weighted by atomic mass is 9.68. The Kier molecular flexibility index (Phi) is 10.2. The van der Waals surface area contributed by atoms with Gasteiger partial charge >= 0.3 is 5.97 Å². The van der Waals surface area contributed by atoms with Crippen LogP contribution in [0.1, 0.15) is 75.0 Å². The zero-order chi connectivity index (χ0) is 26.8. The lowest BCUT2D eigenvalue weighted by Crippen LogP contribution is -2.45. The minimum atomic E-state index is -0.524. The first-order valence-electron chi connectivity index (χ1n) is 14.3. The zero-order valence-electron chi connectivity index (χ0n) is 23.0. The van der Waals surface area contributed by atoms with Crippen molar-refractivity contribution in [2.75, 3.05) is 20.3 Å². The normalized spacial score (nSPS) is 18.7. The van der Waals surface area contributed by atoms with Gasteiger partial charge in [0.05, 0.1) is 5.92 Å². The van der Waals surface area contributed by atoms with Gasteiger partial charge in [-0.25, -0.2) is 0 Å². The molecule has 2 aliphatic rings. The molecule has 0 spiro atoms. The summed E-state index contributed by atoms with van der Waals surface area (Å²) in [5.74, 6) is 0.489. The van der Waals surface area contributed by atoms with Crippen LogP contribution in [0.5, 0.6) is 5.75 Å². The van der Waals surface area contributed by atoms with E-state index in [1.54, 1.807) is 7.11 Å². The summed E-state index contributed by atoms with van der Waals surface area (Å²) in [4.78, 5) is 26.8. The van der Waals surface area contributed by atoms with Crippen molar-refractivity contribution in [3.8, 4) is 5.75 Å². The average Bonchev–Trinajstić information content (AvgIpc) is 3.32. The Bertz CT molecular complexity index is 1050. The van der Waals surface area contributed by atoms with Crippen molar-refractivity contribution in [2.45, 2.75) is 83.8 Å². The Hall–Kier alpha value is -2.86. The predicted molar refractivity (Wildman–Crippen MR) is 148 cm³/mol. The molecule has 2 atom stereocenters. The molecule has 2 unspecified atom stereocenters. The number of benzene rings is 2. The molecule has 4 rings (SSSR count). The number of carbonyl (C=O) groups is 2. The third-order valence-electron chi connectivity index (χ3n) is 8.05. The lowest BCUT2D eigenvalue weighted by Gasteiger charge is -2.38. The molecule has 1 amide bonds. The second kappa shape index (κ2) is 13.8. The number of amides is 1. The van der Waals surface area contributed by atoms with E-state index in [2.05, 4.69) is 30.4 Å². The van der Waals surface area contributed by atoms with E-state index in [1.807, 2.05) is 30.3 Å². The maximum Gasteiger partial charge on any atom is 0.309 e. The number of carbonyl (C=O) groups excluding carboxylic acids is 2. The van der Waals surface area contributed by atoms with E-state index in [0.29, 0.717) is 26.0 Å². The molecule has 1 heterocycles. The Morgan fingerprint density at radius 3 is 2.63 bits per heavy atom. The van der Waals surface area contributed by atoms with E-state index in [-0.39, 0.29) is 30.5 Å². The van der Waals surface area contributed by atoms with Crippen LogP contribution in [0.15, 0.2) is 48.5 Å². The maximum atomic E-state index is 13.6. The second-order valence-electron chi connectivity index (χ2n) is 11.1. The third-order valence-corrected chi connectivity index (χ3v) is 8.05. The predicted octanol–water partition coefficient (Wildman–Crippen LogP) is 5.80. The number of nitrogens with one attached hydrogen (secondary N) is 1. The second-order valence-corrected chi connectivity index (χ2v) is 11.1. The number of fused-ring (bicyclic) bond motifs is 1. The van der Waals surface area contributed by atoms with E-state index in [0.717, 1.165) is 62.7 Å². The molecule has 0 bridgehead atoms. The van der Waals surface area contributed by atoms with E-state index in [4.69, 9.17) is 14.2 Å². The minimum Gasteiger partial charge on any atom is -0.490 e. The number of methoxy groups -OCH3 is 1. The first kappa shape index (κ1) is 28.2. The van der Waals surface area contributed by atoms with Gasteiger partial charge in [-0.1, -0.05) is 61.7 Å². The van der Waals surface area contributed by atoms with Gasteiger partial charge < -0.3 is 19.5 Å². The lowest BCUT2D eigenvalue weighted by molar-refractivity contribution is -0.153. The molecular formula is C32H43NO5. The highest BCUT2D eigenvalue weighted by atomic mass is 16.5. The zero-order valence-corrected chi connectivity index (χ0v) is 23.0. The fourth-order valence-electron chi connectivity index (χ4n) is 5.95. The van der Waals surface area contributed by atoms with Crippen molar-refractivity contribution < 1.29 is 23.8 Å². The Balaban J connectivity index is 1.33. The first-order valence-corrected chi connectivity index (χ1v) is 14.3. The number of hydrogen-bond acceptors (Lipinski definition) is 5. The van der Waals surface area contributed by atoms with Gasteiger partial charge in [-0.15, -0.1) is 0 Å². The van der Waals surface area contributed by atoms with Gasteiger partial charge in [-0.3, -0.25) is 9.59 Å². The summed E-state index contributed by atoms with van der Waals surface area (Å²) in [6, 6.07) is 16.2. The molecule has 6 nitrogen and oxygen atoms in total. The molecular weight excluding hydrogens is 478 g/mol. The van der Waals surface area contributed by atoms with Crippen LogP contribution in [0.4, 0.5) is 0 Å². The van der Waals surface area contributed by atoms with Gasteiger partial charge in [0, 0.05) is 32.1 Å². The number of hydrogen-bond donors (Lipinski definition) is 1. The molecule has 1 saturated carbocycles. The van der Waals surface area contributed by atoms with Gasteiger partial charge in [0.25, 0.3) is 0 Å². The van der Waals surface area contributed by atoms with Crippen LogP contribution in [0.25, 0.3) is 0 Å². The Labute approximate surface area is 227 Å². The van der Waals surface area contributed by atoms with Crippen molar-refractivity contribution in [2.24, 2.45) is 11.3 Å². The van der Waals surface area contributed by atoms with Crippen LogP contribution in [0.3, 0.4) is 0 Å². The summed E-state index contributed by atoms with van der Waals surface area (Å²) >= 11 is 0. The van der Waals surface area contributed by atoms with Crippen LogP contribution in [0, 0.1) is 11.3 Å². The summed E-state index contributed by atoms with van der Waals surface area (Å²) in [5, 5.41) is 3.23. The smallest absolute Gasteiger partial charge is 0.309 e. The molecule has 0 radical (unpaired) electrons. The molecule has 206 valence electrons. The highest BCUT2D eigenvalue weighted by Crippen LogP contribution is 2.43. The van der Waals surface area contributed by atoms with Crippen molar-refractivity contribution in [3.05, 3.63) is 65.2 Å².